The zero-order valence-electron chi connectivity index (χ0n) is 24.1. The minimum absolute atomic E-state index is 0.705. The van der Waals surface area contributed by atoms with Gasteiger partial charge in [-0.2, -0.15) is 0 Å². The summed E-state index contributed by atoms with van der Waals surface area (Å²) in [7, 11) is 0. The van der Waals surface area contributed by atoms with Crippen LogP contribution in [0.3, 0.4) is 0 Å². The largest absolute Gasteiger partial charge is 0.455 e. The summed E-state index contributed by atoms with van der Waals surface area (Å²) in [6, 6.07) is 43.9. The van der Waals surface area contributed by atoms with Crippen LogP contribution in [-0.2, 0) is 0 Å². The van der Waals surface area contributed by atoms with Crippen molar-refractivity contribution in [2.75, 3.05) is 0 Å². The lowest BCUT2D eigenvalue weighted by Gasteiger charge is -2.12. The van der Waals surface area contributed by atoms with Crippen LogP contribution >= 0.6 is 0 Å². The highest BCUT2D eigenvalue weighted by Crippen LogP contribution is 2.39. The Hall–Kier alpha value is -6.20. The van der Waals surface area contributed by atoms with Crippen LogP contribution in [0, 0.1) is 0 Å². The predicted molar refractivity (Wildman–Crippen MR) is 182 cm³/mol. The lowest BCUT2D eigenvalue weighted by Crippen LogP contribution is -1.91. The van der Waals surface area contributed by atoms with E-state index in [1.54, 1.807) is 12.4 Å². The van der Waals surface area contributed by atoms with Crippen molar-refractivity contribution >= 4 is 43.7 Å². The van der Waals surface area contributed by atoms with Crippen molar-refractivity contribution in [1.82, 2.24) is 19.9 Å². The van der Waals surface area contributed by atoms with E-state index in [4.69, 9.17) is 9.40 Å². The van der Waals surface area contributed by atoms with Gasteiger partial charge < -0.3 is 4.42 Å². The number of aromatic nitrogens is 4. The van der Waals surface area contributed by atoms with Gasteiger partial charge in [-0.3, -0.25) is 4.98 Å². The van der Waals surface area contributed by atoms with Gasteiger partial charge in [-0.15, -0.1) is 0 Å². The second-order valence-corrected chi connectivity index (χ2v) is 11.1. The molecule has 0 radical (unpaired) electrons. The molecule has 0 spiro atoms. The highest BCUT2D eigenvalue weighted by atomic mass is 16.3. The summed E-state index contributed by atoms with van der Waals surface area (Å²) in [6.45, 7) is 0. The van der Waals surface area contributed by atoms with Crippen molar-refractivity contribution in [2.24, 2.45) is 0 Å². The highest BCUT2D eigenvalue weighted by molar-refractivity contribution is 6.10. The Balaban J connectivity index is 1.26. The van der Waals surface area contributed by atoms with E-state index in [9.17, 15) is 0 Å². The maximum absolute atomic E-state index is 6.46. The number of furan rings is 1. The van der Waals surface area contributed by atoms with Crippen LogP contribution in [0.5, 0.6) is 0 Å². The van der Waals surface area contributed by atoms with Crippen LogP contribution < -0.4 is 0 Å². The molecule has 0 saturated heterocycles. The number of nitrogens with zero attached hydrogens (tertiary/aromatic N) is 4. The molecule has 45 heavy (non-hydrogen) atoms. The number of hydrogen-bond acceptors (Lipinski definition) is 5. The Kier molecular flexibility index (Phi) is 5.74. The molecular formula is C40H24N4O. The van der Waals surface area contributed by atoms with Gasteiger partial charge in [0.25, 0.3) is 0 Å². The molecule has 0 unspecified atom stereocenters. The topological polar surface area (TPSA) is 64.7 Å². The first-order valence-corrected chi connectivity index (χ1v) is 14.9. The molecule has 0 bridgehead atoms. The van der Waals surface area contributed by atoms with Crippen LogP contribution in [-0.4, -0.2) is 19.9 Å². The maximum atomic E-state index is 6.46. The van der Waals surface area contributed by atoms with Crippen LogP contribution in [0.15, 0.2) is 150 Å². The number of para-hydroxylation sites is 2. The molecular weight excluding hydrogens is 552 g/mol. The number of hydrogen-bond donors (Lipinski definition) is 0. The van der Waals surface area contributed by atoms with Gasteiger partial charge in [0.15, 0.2) is 5.82 Å². The average Bonchev–Trinajstić information content (AvgIpc) is 3.51. The quantitative estimate of drug-likeness (QED) is 0.195. The summed E-state index contributed by atoms with van der Waals surface area (Å²) in [5.74, 6) is 0.705. The fraction of sp³-hybridized carbons (Fsp3) is 0. The summed E-state index contributed by atoms with van der Waals surface area (Å²) >= 11 is 0. The fourth-order valence-electron chi connectivity index (χ4n) is 6.22. The van der Waals surface area contributed by atoms with Gasteiger partial charge in [0.2, 0.25) is 0 Å². The highest BCUT2D eigenvalue weighted by Gasteiger charge is 2.15. The minimum Gasteiger partial charge on any atom is -0.455 e. The Bertz CT molecular complexity index is 2540. The minimum atomic E-state index is 0.705. The van der Waals surface area contributed by atoms with Gasteiger partial charge in [-0.1, -0.05) is 84.9 Å². The van der Waals surface area contributed by atoms with E-state index in [1.807, 2.05) is 30.5 Å². The van der Waals surface area contributed by atoms with Crippen LogP contribution in [0.4, 0.5) is 0 Å². The Morgan fingerprint density at radius 2 is 1.16 bits per heavy atom. The van der Waals surface area contributed by atoms with E-state index in [0.29, 0.717) is 5.82 Å². The summed E-state index contributed by atoms with van der Waals surface area (Å²) in [6.07, 6.45) is 5.35. The van der Waals surface area contributed by atoms with Crippen molar-refractivity contribution in [3.8, 4) is 44.9 Å². The number of fused-ring (bicyclic) bond motifs is 6. The number of rotatable bonds is 4. The van der Waals surface area contributed by atoms with Crippen LogP contribution in [0.1, 0.15) is 0 Å². The molecule has 0 saturated carbocycles. The first kappa shape index (κ1) is 25.3. The van der Waals surface area contributed by atoms with E-state index in [1.165, 1.54) is 0 Å². The zero-order valence-corrected chi connectivity index (χ0v) is 24.1. The molecule has 4 heterocycles. The van der Waals surface area contributed by atoms with Gasteiger partial charge in [0.05, 0.1) is 16.7 Å². The third kappa shape index (κ3) is 4.33. The SMILES string of the molecule is c1cnc(-c2ccc(-c3cc(-c4ccc5ccc6cccnc6c5n4)cc(-c4cccc5c4oc4ccccc45)c3)cc2)nc1. The molecule has 0 aliphatic rings. The molecule has 0 aliphatic heterocycles. The third-order valence-corrected chi connectivity index (χ3v) is 8.42. The Morgan fingerprint density at radius 1 is 0.444 bits per heavy atom. The van der Waals surface area contributed by atoms with E-state index < -0.39 is 0 Å². The standard InChI is InChI=1S/C40H24N4O/c1-2-10-36-33(7-1)34-9-3-8-32(39(34)45-36)30-22-29(25-11-15-28(16-12-25)40-42-20-5-21-43-40)23-31(24-30)35-18-17-27-14-13-26-6-4-19-41-37(26)38(27)44-35/h1-24H. The summed E-state index contributed by atoms with van der Waals surface area (Å²) in [5.41, 5.74) is 10.7. The van der Waals surface area contributed by atoms with E-state index in [-0.39, 0.29) is 0 Å². The van der Waals surface area contributed by atoms with Gasteiger partial charge in [-0.05, 0) is 59.2 Å². The van der Waals surface area contributed by atoms with Gasteiger partial charge in [-0.25, -0.2) is 15.0 Å². The first-order valence-electron chi connectivity index (χ1n) is 14.9. The van der Waals surface area contributed by atoms with Crippen molar-refractivity contribution < 1.29 is 4.42 Å². The molecule has 210 valence electrons. The molecule has 9 rings (SSSR count). The normalized spacial score (nSPS) is 11.6. The second kappa shape index (κ2) is 10.2. The van der Waals surface area contributed by atoms with Gasteiger partial charge in [0.1, 0.15) is 11.2 Å². The lowest BCUT2D eigenvalue weighted by atomic mass is 9.93. The summed E-state index contributed by atoms with van der Waals surface area (Å²) in [4.78, 5) is 18.7. The third-order valence-electron chi connectivity index (χ3n) is 8.42. The molecule has 0 amide bonds. The Morgan fingerprint density at radius 3 is 2.04 bits per heavy atom. The first-order chi connectivity index (χ1) is 22.3. The second-order valence-electron chi connectivity index (χ2n) is 11.1. The molecule has 0 fully saturated rings. The smallest absolute Gasteiger partial charge is 0.159 e. The van der Waals surface area contributed by atoms with Gasteiger partial charge >= 0.3 is 0 Å². The predicted octanol–water partition coefficient (Wildman–Crippen LogP) is 10.1. The van der Waals surface area contributed by atoms with Crippen molar-refractivity contribution in [2.45, 2.75) is 0 Å². The molecule has 5 aromatic carbocycles. The zero-order chi connectivity index (χ0) is 29.7. The van der Waals surface area contributed by atoms with E-state index in [2.05, 4.69) is 118 Å². The monoisotopic (exact) mass is 576 g/mol. The van der Waals surface area contributed by atoms with Crippen molar-refractivity contribution in [3.05, 3.63) is 146 Å². The number of pyridine rings is 2. The molecule has 5 nitrogen and oxygen atoms in total. The lowest BCUT2D eigenvalue weighted by molar-refractivity contribution is 0.670. The molecule has 0 N–H and O–H groups in total. The molecule has 5 heteroatoms. The molecule has 0 atom stereocenters. The fourth-order valence-corrected chi connectivity index (χ4v) is 6.22. The maximum Gasteiger partial charge on any atom is 0.159 e. The molecule has 0 aliphatic carbocycles. The average molecular weight is 577 g/mol. The molecule has 9 aromatic rings. The van der Waals surface area contributed by atoms with Crippen molar-refractivity contribution in [1.29, 1.82) is 0 Å². The van der Waals surface area contributed by atoms with E-state index in [0.717, 1.165) is 82.8 Å². The Labute approximate surface area is 258 Å². The van der Waals surface area contributed by atoms with Crippen LogP contribution in [0.25, 0.3) is 88.6 Å². The van der Waals surface area contributed by atoms with Gasteiger partial charge in [0, 0.05) is 56.8 Å². The molecule has 4 aromatic heterocycles. The number of benzene rings is 5. The van der Waals surface area contributed by atoms with E-state index >= 15 is 0 Å². The van der Waals surface area contributed by atoms with Crippen molar-refractivity contribution in [3.63, 3.8) is 0 Å². The van der Waals surface area contributed by atoms with Crippen LogP contribution in [0.2, 0.25) is 0 Å². The summed E-state index contributed by atoms with van der Waals surface area (Å²) in [5, 5.41) is 4.35. The summed E-state index contributed by atoms with van der Waals surface area (Å²) < 4.78 is 6.46.